The van der Waals surface area contributed by atoms with Crippen LogP contribution in [0.5, 0.6) is 0 Å². The molecule has 0 rings (SSSR count). The molecule has 0 aromatic rings. The van der Waals surface area contributed by atoms with Crippen molar-refractivity contribution in [2.24, 2.45) is 0 Å². The largest absolute Gasteiger partial charge is 0.395 e. The van der Waals surface area contributed by atoms with Crippen molar-refractivity contribution >= 4 is 11.8 Å². The van der Waals surface area contributed by atoms with Crippen molar-refractivity contribution in [2.45, 2.75) is 0 Å². The van der Waals surface area contributed by atoms with E-state index < -0.39 is 0 Å². The maximum Gasteiger partial charge on any atom is 0.246 e. The Morgan fingerprint density at radius 3 is 1.67 bits per heavy atom. The molecular weight excluding hydrogens is 204 g/mol. The maximum atomic E-state index is 10.9. The van der Waals surface area contributed by atoms with Gasteiger partial charge < -0.3 is 25.6 Å². The van der Waals surface area contributed by atoms with Gasteiger partial charge in [-0.15, -0.1) is 0 Å². The third kappa shape index (κ3) is 9.13. The minimum atomic E-state index is -0.390. The average molecular weight is 220 g/mol. The second-order valence-electron chi connectivity index (χ2n) is 2.64. The summed E-state index contributed by atoms with van der Waals surface area (Å²) < 4.78 is 4.76. The maximum absolute atomic E-state index is 10.9. The molecule has 0 heterocycles. The van der Waals surface area contributed by atoms with E-state index >= 15 is 0 Å². The highest BCUT2D eigenvalue weighted by atomic mass is 16.5. The number of nitrogens with one attached hydrogen (secondary N) is 2. The highest BCUT2D eigenvalue weighted by Crippen LogP contribution is 1.76. The molecule has 2 amide bonds. The summed E-state index contributed by atoms with van der Waals surface area (Å²) in [7, 11) is 0. The van der Waals surface area contributed by atoms with Crippen molar-refractivity contribution in [3.63, 3.8) is 0 Å². The van der Waals surface area contributed by atoms with Crippen molar-refractivity contribution in [1.82, 2.24) is 10.6 Å². The molecule has 0 atom stereocenters. The van der Waals surface area contributed by atoms with Crippen molar-refractivity contribution < 1.29 is 24.5 Å². The van der Waals surface area contributed by atoms with Gasteiger partial charge in [-0.25, -0.2) is 0 Å². The summed E-state index contributed by atoms with van der Waals surface area (Å²) in [5.74, 6) is -0.780. The van der Waals surface area contributed by atoms with Crippen LogP contribution in [0.4, 0.5) is 0 Å². The minimum absolute atomic E-state index is 0.136. The molecule has 0 saturated carbocycles. The fraction of sp³-hybridized carbons (Fsp3) is 0.750. The molecule has 0 saturated heterocycles. The lowest BCUT2D eigenvalue weighted by atomic mass is 10.5. The molecule has 0 radical (unpaired) electrons. The molecule has 15 heavy (non-hydrogen) atoms. The number of carbonyl (C=O) groups excluding carboxylic acids is 2. The fourth-order valence-electron chi connectivity index (χ4n) is 0.729. The lowest BCUT2D eigenvalue weighted by Crippen LogP contribution is -2.34. The Kier molecular flexibility index (Phi) is 8.64. The average Bonchev–Trinajstić information content (AvgIpc) is 2.23. The highest BCUT2D eigenvalue weighted by molar-refractivity contribution is 5.79. The molecule has 4 N–H and O–H groups in total. The number of hydrogen-bond donors (Lipinski definition) is 4. The first-order valence-electron chi connectivity index (χ1n) is 4.53. The summed E-state index contributed by atoms with van der Waals surface area (Å²) >= 11 is 0. The Morgan fingerprint density at radius 1 is 0.933 bits per heavy atom. The van der Waals surface area contributed by atoms with E-state index in [1.54, 1.807) is 0 Å². The Bertz CT molecular complexity index is 177. The zero-order valence-electron chi connectivity index (χ0n) is 8.36. The lowest BCUT2D eigenvalue weighted by molar-refractivity contribution is -0.131. The van der Waals surface area contributed by atoms with Crippen LogP contribution < -0.4 is 10.6 Å². The van der Waals surface area contributed by atoms with Gasteiger partial charge in [0.25, 0.3) is 0 Å². The predicted octanol–water partition coefficient (Wildman–Crippen LogP) is -2.78. The van der Waals surface area contributed by atoms with Crippen molar-refractivity contribution in [3.05, 3.63) is 0 Å². The van der Waals surface area contributed by atoms with Gasteiger partial charge in [0.2, 0.25) is 11.8 Å². The van der Waals surface area contributed by atoms with Crippen LogP contribution in [0.2, 0.25) is 0 Å². The second-order valence-corrected chi connectivity index (χ2v) is 2.64. The monoisotopic (exact) mass is 220 g/mol. The first-order chi connectivity index (χ1) is 7.20. The van der Waals surface area contributed by atoms with Crippen molar-refractivity contribution in [3.8, 4) is 0 Å². The number of rotatable bonds is 8. The van der Waals surface area contributed by atoms with Gasteiger partial charge in [0.1, 0.15) is 13.2 Å². The smallest absolute Gasteiger partial charge is 0.246 e. The Hall–Kier alpha value is -1.18. The van der Waals surface area contributed by atoms with E-state index in [-0.39, 0.29) is 51.3 Å². The van der Waals surface area contributed by atoms with E-state index in [9.17, 15) is 9.59 Å². The summed E-state index contributed by atoms with van der Waals surface area (Å²) in [5.41, 5.74) is 0. The van der Waals surface area contributed by atoms with E-state index in [4.69, 9.17) is 14.9 Å². The van der Waals surface area contributed by atoms with E-state index in [0.717, 1.165) is 0 Å². The van der Waals surface area contributed by atoms with E-state index in [2.05, 4.69) is 10.6 Å². The second kappa shape index (κ2) is 9.38. The SMILES string of the molecule is O=C(COCC(=O)NCCO)NCCO. The number of amides is 2. The number of aliphatic hydroxyl groups is 2. The number of hydrogen-bond acceptors (Lipinski definition) is 5. The quantitative estimate of drug-likeness (QED) is 0.354. The molecule has 0 bridgehead atoms. The van der Waals surface area contributed by atoms with Crippen molar-refractivity contribution in [1.29, 1.82) is 0 Å². The Morgan fingerprint density at radius 2 is 1.33 bits per heavy atom. The predicted molar refractivity (Wildman–Crippen MR) is 51.0 cm³/mol. The summed E-state index contributed by atoms with van der Waals surface area (Å²) in [4.78, 5) is 21.8. The van der Waals surface area contributed by atoms with Crippen LogP contribution in [-0.4, -0.2) is 61.5 Å². The standard InChI is InChI=1S/C8H16N2O5/c11-3-1-9-7(13)5-15-6-8(14)10-2-4-12/h11-12H,1-6H2,(H,9,13)(H,10,14). The van der Waals surface area contributed by atoms with Gasteiger partial charge >= 0.3 is 0 Å². The van der Waals surface area contributed by atoms with Gasteiger partial charge in [-0.1, -0.05) is 0 Å². The van der Waals surface area contributed by atoms with Crippen molar-refractivity contribution in [2.75, 3.05) is 39.5 Å². The van der Waals surface area contributed by atoms with Gasteiger partial charge in [-0.2, -0.15) is 0 Å². The van der Waals surface area contributed by atoms with Gasteiger partial charge in [0.05, 0.1) is 13.2 Å². The number of aliphatic hydroxyl groups excluding tert-OH is 2. The van der Waals surface area contributed by atoms with Gasteiger partial charge in [0, 0.05) is 13.1 Å². The van der Waals surface area contributed by atoms with Crippen LogP contribution in [0.15, 0.2) is 0 Å². The third-order valence-corrected chi connectivity index (χ3v) is 1.33. The molecule has 0 aromatic carbocycles. The zero-order valence-corrected chi connectivity index (χ0v) is 8.36. The zero-order chi connectivity index (χ0) is 11.5. The molecule has 0 aliphatic heterocycles. The van der Waals surface area contributed by atoms with Crippen LogP contribution in [0.25, 0.3) is 0 Å². The molecule has 0 fully saturated rings. The summed E-state index contributed by atoms with van der Waals surface area (Å²) in [6.07, 6.45) is 0. The number of ether oxygens (including phenoxy) is 1. The third-order valence-electron chi connectivity index (χ3n) is 1.33. The Labute approximate surface area is 87.4 Å². The van der Waals surface area contributed by atoms with E-state index in [1.165, 1.54) is 0 Å². The van der Waals surface area contributed by atoms with Gasteiger partial charge in [-0.05, 0) is 0 Å². The molecule has 0 unspecified atom stereocenters. The van der Waals surface area contributed by atoms with Crippen LogP contribution in [0.1, 0.15) is 0 Å². The highest BCUT2D eigenvalue weighted by Gasteiger charge is 2.03. The fourth-order valence-corrected chi connectivity index (χ4v) is 0.729. The van der Waals surface area contributed by atoms with E-state index in [1.807, 2.05) is 0 Å². The summed E-state index contributed by atoms with van der Waals surface area (Å²) in [6, 6.07) is 0. The summed E-state index contributed by atoms with van der Waals surface area (Å²) in [5, 5.41) is 21.5. The topological polar surface area (TPSA) is 108 Å². The summed E-state index contributed by atoms with van der Waals surface area (Å²) in [6.45, 7) is -0.400. The minimum Gasteiger partial charge on any atom is -0.395 e. The van der Waals surface area contributed by atoms with Crippen LogP contribution in [-0.2, 0) is 14.3 Å². The lowest BCUT2D eigenvalue weighted by Gasteiger charge is -2.05. The molecule has 0 aromatic heterocycles. The van der Waals surface area contributed by atoms with Crippen LogP contribution >= 0.6 is 0 Å². The molecular formula is C8H16N2O5. The number of carbonyl (C=O) groups is 2. The Balaban J connectivity index is 3.36. The molecule has 7 heteroatoms. The normalized spacial score (nSPS) is 9.73. The van der Waals surface area contributed by atoms with Crippen LogP contribution in [0.3, 0.4) is 0 Å². The van der Waals surface area contributed by atoms with E-state index in [0.29, 0.717) is 0 Å². The first kappa shape index (κ1) is 13.8. The first-order valence-corrected chi connectivity index (χ1v) is 4.53. The molecule has 88 valence electrons. The van der Waals surface area contributed by atoms with Crippen LogP contribution in [0, 0.1) is 0 Å². The van der Waals surface area contributed by atoms with Gasteiger partial charge in [-0.3, -0.25) is 9.59 Å². The molecule has 7 nitrogen and oxygen atoms in total. The molecule has 0 spiro atoms. The molecule has 0 aliphatic rings. The molecule has 0 aliphatic carbocycles. The van der Waals surface area contributed by atoms with Gasteiger partial charge in [0.15, 0.2) is 0 Å².